The first kappa shape index (κ1) is 19.8. The zero-order valence-electron chi connectivity index (χ0n) is 16.4. The number of methoxy groups -OCH3 is 1. The highest BCUT2D eigenvalue weighted by Crippen LogP contribution is 2.27. The number of ether oxygens (including phenoxy) is 2. The van der Waals surface area contributed by atoms with Crippen LogP contribution in [0.25, 0.3) is 0 Å². The summed E-state index contributed by atoms with van der Waals surface area (Å²) >= 11 is 0. The molecule has 0 heterocycles. The molecular formula is C22H29NO3. The van der Waals surface area contributed by atoms with E-state index >= 15 is 0 Å². The van der Waals surface area contributed by atoms with E-state index in [1.54, 1.807) is 7.11 Å². The predicted molar refractivity (Wildman–Crippen MR) is 105 cm³/mol. The minimum absolute atomic E-state index is 0.0220. The normalized spacial score (nSPS) is 10.7. The highest BCUT2D eigenvalue weighted by molar-refractivity contribution is 5.77. The van der Waals surface area contributed by atoms with Gasteiger partial charge in [-0.2, -0.15) is 0 Å². The summed E-state index contributed by atoms with van der Waals surface area (Å²) in [7, 11) is 1.66. The molecule has 0 fully saturated rings. The number of benzene rings is 2. The first-order valence-electron chi connectivity index (χ1n) is 9.04. The Morgan fingerprint density at radius 1 is 1.04 bits per heavy atom. The second-order valence-corrected chi connectivity index (χ2v) is 6.90. The van der Waals surface area contributed by atoms with E-state index in [-0.39, 0.29) is 12.5 Å². The van der Waals surface area contributed by atoms with Gasteiger partial charge < -0.3 is 14.8 Å². The zero-order valence-corrected chi connectivity index (χ0v) is 16.4. The molecule has 2 aromatic rings. The molecule has 140 valence electrons. The van der Waals surface area contributed by atoms with Gasteiger partial charge in [0.25, 0.3) is 5.91 Å². The van der Waals surface area contributed by atoms with E-state index < -0.39 is 0 Å². The van der Waals surface area contributed by atoms with E-state index in [1.165, 1.54) is 5.56 Å². The number of nitrogens with one attached hydrogen (secondary N) is 1. The van der Waals surface area contributed by atoms with Crippen molar-refractivity contribution >= 4 is 5.91 Å². The number of carbonyl (C=O) groups is 1. The topological polar surface area (TPSA) is 47.6 Å². The number of amides is 1. The van der Waals surface area contributed by atoms with Crippen molar-refractivity contribution in [2.75, 3.05) is 20.3 Å². The van der Waals surface area contributed by atoms with Crippen molar-refractivity contribution in [3.8, 4) is 11.5 Å². The number of rotatable bonds is 8. The van der Waals surface area contributed by atoms with Crippen LogP contribution in [-0.4, -0.2) is 26.2 Å². The maximum atomic E-state index is 12.1. The molecule has 0 bridgehead atoms. The van der Waals surface area contributed by atoms with Gasteiger partial charge in [-0.15, -0.1) is 0 Å². The van der Waals surface area contributed by atoms with Crippen LogP contribution in [0.4, 0.5) is 0 Å². The van der Waals surface area contributed by atoms with Gasteiger partial charge in [-0.3, -0.25) is 4.79 Å². The highest BCUT2D eigenvalue weighted by atomic mass is 16.5. The lowest BCUT2D eigenvalue weighted by atomic mass is 10.0. The molecule has 0 unspecified atom stereocenters. The molecule has 0 spiro atoms. The van der Waals surface area contributed by atoms with E-state index in [2.05, 4.69) is 37.4 Å². The maximum Gasteiger partial charge on any atom is 0.257 e. The van der Waals surface area contributed by atoms with E-state index in [1.807, 2.05) is 32.0 Å². The molecule has 0 aliphatic carbocycles. The Morgan fingerprint density at radius 2 is 1.73 bits per heavy atom. The molecule has 0 aliphatic rings. The van der Waals surface area contributed by atoms with Gasteiger partial charge in [0.15, 0.2) is 6.61 Å². The standard InChI is InChI=1S/C22H29NO3/c1-15(2)19-8-6-17(4)13-21(19)26-14-22(24)23-11-10-18-12-16(3)7-9-20(18)25-5/h6-9,12-13,15H,10-11,14H2,1-5H3,(H,23,24). The predicted octanol–water partition coefficient (Wildman–Crippen LogP) is 4.17. The Bertz CT molecular complexity index is 753. The summed E-state index contributed by atoms with van der Waals surface area (Å²) in [5, 5.41) is 2.92. The van der Waals surface area contributed by atoms with Crippen molar-refractivity contribution < 1.29 is 14.3 Å². The van der Waals surface area contributed by atoms with Crippen molar-refractivity contribution in [3.05, 3.63) is 58.7 Å². The van der Waals surface area contributed by atoms with Gasteiger partial charge in [0.05, 0.1) is 7.11 Å². The third-order valence-corrected chi connectivity index (χ3v) is 4.30. The van der Waals surface area contributed by atoms with Crippen LogP contribution < -0.4 is 14.8 Å². The van der Waals surface area contributed by atoms with Crippen LogP contribution in [0.15, 0.2) is 36.4 Å². The molecule has 1 N–H and O–H groups in total. The monoisotopic (exact) mass is 355 g/mol. The van der Waals surface area contributed by atoms with E-state index in [4.69, 9.17) is 9.47 Å². The fourth-order valence-corrected chi connectivity index (χ4v) is 2.88. The summed E-state index contributed by atoms with van der Waals surface area (Å²) in [5.74, 6) is 1.87. The summed E-state index contributed by atoms with van der Waals surface area (Å²) in [6.45, 7) is 8.87. The summed E-state index contributed by atoms with van der Waals surface area (Å²) in [4.78, 5) is 12.1. The molecule has 2 rings (SSSR count). The molecule has 0 aliphatic heterocycles. The Hall–Kier alpha value is -2.49. The molecule has 26 heavy (non-hydrogen) atoms. The summed E-state index contributed by atoms with van der Waals surface area (Å²) in [6, 6.07) is 12.2. The quantitative estimate of drug-likeness (QED) is 0.773. The summed E-state index contributed by atoms with van der Waals surface area (Å²) < 4.78 is 11.1. The zero-order chi connectivity index (χ0) is 19.1. The molecule has 0 radical (unpaired) electrons. The fourth-order valence-electron chi connectivity index (χ4n) is 2.88. The SMILES string of the molecule is COc1ccc(C)cc1CCNC(=O)COc1cc(C)ccc1C(C)C. The van der Waals surface area contributed by atoms with Gasteiger partial charge in [-0.05, 0) is 55.0 Å². The lowest BCUT2D eigenvalue weighted by molar-refractivity contribution is -0.123. The summed E-state index contributed by atoms with van der Waals surface area (Å²) in [6.07, 6.45) is 0.721. The van der Waals surface area contributed by atoms with E-state index in [0.29, 0.717) is 12.5 Å². The highest BCUT2D eigenvalue weighted by Gasteiger charge is 2.10. The average Bonchev–Trinajstić information content (AvgIpc) is 2.60. The Morgan fingerprint density at radius 3 is 2.42 bits per heavy atom. The minimum atomic E-state index is -0.118. The molecule has 4 nitrogen and oxygen atoms in total. The number of hydrogen-bond donors (Lipinski definition) is 1. The van der Waals surface area contributed by atoms with Crippen LogP contribution in [0.2, 0.25) is 0 Å². The maximum absolute atomic E-state index is 12.1. The van der Waals surface area contributed by atoms with Gasteiger partial charge >= 0.3 is 0 Å². The van der Waals surface area contributed by atoms with Crippen LogP contribution in [0, 0.1) is 13.8 Å². The third kappa shape index (κ3) is 5.51. The van der Waals surface area contributed by atoms with Gasteiger partial charge in [-0.25, -0.2) is 0 Å². The van der Waals surface area contributed by atoms with Gasteiger partial charge in [0.2, 0.25) is 0 Å². The van der Waals surface area contributed by atoms with Crippen LogP contribution >= 0.6 is 0 Å². The van der Waals surface area contributed by atoms with Crippen LogP contribution in [0.3, 0.4) is 0 Å². The Kier molecular flexibility index (Phi) is 7.07. The largest absolute Gasteiger partial charge is 0.496 e. The number of aryl methyl sites for hydroxylation is 2. The Labute approximate surface area is 156 Å². The Balaban J connectivity index is 1.87. The first-order valence-corrected chi connectivity index (χ1v) is 9.04. The first-order chi connectivity index (χ1) is 12.4. The average molecular weight is 355 g/mol. The molecule has 4 heteroatoms. The van der Waals surface area contributed by atoms with Crippen LogP contribution in [-0.2, 0) is 11.2 Å². The number of hydrogen-bond acceptors (Lipinski definition) is 3. The van der Waals surface area contributed by atoms with E-state index in [9.17, 15) is 4.79 Å². The molecule has 1 amide bonds. The van der Waals surface area contributed by atoms with Crippen molar-refractivity contribution in [3.63, 3.8) is 0 Å². The summed E-state index contributed by atoms with van der Waals surface area (Å²) in [5.41, 5.74) is 4.51. The van der Waals surface area contributed by atoms with Crippen LogP contribution in [0.5, 0.6) is 11.5 Å². The molecular weight excluding hydrogens is 326 g/mol. The lowest BCUT2D eigenvalue weighted by Crippen LogP contribution is -2.30. The molecule has 0 aromatic heterocycles. The van der Waals surface area contributed by atoms with Gasteiger partial charge in [0, 0.05) is 6.54 Å². The molecule has 0 saturated heterocycles. The second kappa shape index (κ2) is 9.27. The molecule has 2 aromatic carbocycles. The van der Waals surface area contributed by atoms with Crippen molar-refractivity contribution in [2.45, 2.75) is 40.0 Å². The van der Waals surface area contributed by atoms with E-state index in [0.717, 1.165) is 34.6 Å². The van der Waals surface area contributed by atoms with Crippen molar-refractivity contribution in [2.24, 2.45) is 0 Å². The molecule has 0 saturated carbocycles. The van der Waals surface area contributed by atoms with Gasteiger partial charge in [0.1, 0.15) is 11.5 Å². The van der Waals surface area contributed by atoms with Crippen molar-refractivity contribution in [1.29, 1.82) is 0 Å². The second-order valence-electron chi connectivity index (χ2n) is 6.90. The fraction of sp³-hybridized carbons (Fsp3) is 0.409. The minimum Gasteiger partial charge on any atom is -0.496 e. The number of carbonyl (C=O) groups excluding carboxylic acids is 1. The molecule has 0 atom stereocenters. The lowest BCUT2D eigenvalue weighted by Gasteiger charge is -2.15. The third-order valence-electron chi connectivity index (χ3n) is 4.30. The van der Waals surface area contributed by atoms with Gasteiger partial charge in [-0.1, -0.05) is 43.7 Å². The van der Waals surface area contributed by atoms with Crippen molar-refractivity contribution in [1.82, 2.24) is 5.32 Å². The smallest absolute Gasteiger partial charge is 0.257 e. The van der Waals surface area contributed by atoms with Crippen LogP contribution in [0.1, 0.15) is 42.0 Å².